The van der Waals surface area contributed by atoms with Crippen LogP contribution in [-0.4, -0.2) is 19.1 Å². The van der Waals surface area contributed by atoms with Crippen LogP contribution in [0.2, 0.25) is 0 Å². The van der Waals surface area contributed by atoms with Gasteiger partial charge in [-0.3, -0.25) is 4.79 Å². The lowest BCUT2D eigenvalue weighted by molar-refractivity contribution is -0.116. The van der Waals surface area contributed by atoms with Gasteiger partial charge in [0.25, 0.3) is 0 Å². The molecule has 0 aliphatic rings. The second-order valence-corrected chi connectivity index (χ2v) is 4.74. The number of nitriles is 1. The second-order valence-electron chi connectivity index (χ2n) is 4.74. The van der Waals surface area contributed by atoms with Crippen molar-refractivity contribution in [1.82, 2.24) is 0 Å². The molecule has 1 unspecified atom stereocenters. The lowest BCUT2D eigenvalue weighted by Gasteiger charge is -2.10. The number of benzene rings is 1. The number of nitrogens with zero attached hydrogens (tertiary/aromatic N) is 1. The first kappa shape index (κ1) is 16.0. The van der Waals surface area contributed by atoms with Crippen LogP contribution in [0.4, 0.5) is 5.69 Å². The van der Waals surface area contributed by atoms with E-state index in [0.717, 1.165) is 18.5 Å². The molecule has 3 N–H and O–H groups in total. The highest BCUT2D eigenvalue weighted by Crippen LogP contribution is 2.16. The Kier molecular flexibility index (Phi) is 7.15. The smallest absolute Gasteiger partial charge is 0.224 e. The van der Waals surface area contributed by atoms with Crippen LogP contribution >= 0.6 is 0 Å². The van der Waals surface area contributed by atoms with Gasteiger partial charge >= 0.3 is 0 Å². The quantitative estimate of drug-likeness (QED) is 0.762. The van der Waals surface area contributed by atoms with E-state index in [0.29, 0.717) is 24.6 Å². The summed E-state index contributed by atoms with van der Waals surface area (Å²) in [6.07, 6.45) is 2.28. The SMILES string of the molecule is CC(CCN)CCC(=O)Nc1ccc(OCC#N)cc1. The average Bonchev–Trinajstić information content (AvgIpc) is 2.45. The summed E-state index contributed by atoms with van der Waals surface area (Å²) in [6, 6.07) is 8.87. The summed E-state index contributed by atoms with van der Waals surface area (Å²) in [5.41, 5.74) is 6.20. The maximum atomic E-state index is 11.8. The zero-order chi connectivity index (χ0) is 14.8. The molecule has 0 saturated heterocycles. The van der Waals surface area contributed by atoms with Gasteiger partial charge in [-0.25, -0.2) is 0 Å². The maximum absolute atomic E-state index is 11.8. The predicted octanol–water partition coefficient (Wildman–Crippen LogP) is 2.29. The Hall–Kier alpha value is -2.06. The van der Waals surface area contributed by atoms with Crippen molar-refractivity contribution < 1.29 is 9.53 Å². The summed E-state index contributed by atoms with van der Waals surface area (Å²) in [7, 11) is 0. The highest BCUT2D eigenvalue weighted by Gasteiger charge is 2.06. The molecule has 1 aromatic carbocycles. The minimum atomic E-state index is -0.000403. The van der Waals surface area contributed by atoms with Gasteiger partial charge in [0.2, 0.25) is 5.91 Å². The van der Waals surface area contributed by atoms with E-state index in [-0.39, 0.29) is 12.5 Å². The van der Waals surface area contributed by atoms with E-state index >= 15 is 0 Å². The van der Waals surface area contributed by atoms with E-state index in [4.69, 9.17) is 15.7 Å². The Labute approximate surface area is 119 Å². The Balaban J connectivity index is 2.36. The molecule has 1 atom stereocenters. The van der Waals surface area contributed by atoms with Crippen molar-refractivity contribution in [3.8, 4) is 11.8 Å². The molecule has 108 valence electrons. The standard InChI is InChI=1S/C15H21N3O2/c1-12(8-9-16)2-7-15(19)18-13-3-5-14(6-4-13)20-11-10-17/h3-6,12H,2,7-9,11,16H2,1H3,(H,18,19). The summed E-state index contributed by atoms with van der Waals surface area (Å²) < 4.78 is 5.14. The third-order valence-electron chi connectivity index (χ3n) is 2.97. The van der Waals surface area contributed by atoms with Gasteiger partial charge in [0.05, 0.1) is 0 Å². The molecule has 0 bridgehead atoms. The topological polar surface area (TPSA) is 88.1 Å². The van der Waals surface area contributed by atoms with Crippen LogP contribution in [0.15, 0.2) is 24.3 Å². The Bertz CT molecular complexity index is 451. The first-order valence-corrected chi connectivity index (χ1v) is 6.75. The fraction of sp³-hybridized carbons (Fsp3) is 0.467. The minimum absolute atomic E-state index is 0.000403. The van der Waals surface area contributed by atoms with E-state index in [1.807, 2.05) is 6.07 Å². The molecular weight excluding hydrogens is 254 g/mol. The number of hydrogen-bond donors (Lipinski definition) is 2. The molecule has 5 nitrogen and oxygen atoms in total. The number of amides is 1. The van der Waals surface area contributed by atoms with Crippen LogP contribution in [-0.2, 0) is 4.79 Å². The van der Waals surface area contributed by atoms with Gasteiger partial charge in [0.1, 0.15) is 11.8 Å². The van der Waals surface area contributed by atoms with Crippen LogP contribution in [0, 0.1) is 17.2 Å². The molecular formula is C15H21N3O2. The van der Waals surface area contributed by atoms with Crippen molar-refractivity contribution in [1.29, 1.82) is 5.26 Å². The Morgan fingerprint density at radius 2 is 2.10 bits per heavy atom. The van der Waals surface area contributed by atoms with Gasteiger partial charge in [-0.2, -0.15) is 5.26 Å². The number of carbonyl (C=O) groups is 1. The minimum Gasteiger partial charge on any atom is -0.479 e. The lowest BCUT2D eigenvalue weighted by Crippen LogP contribution is -2.14. The molecule has 0 radical (unpaired) electrons. The van der Waals surface area contributed by atoms with Crippen molar-refractivity contribution in [3.05, 3.63) is 24.3 Å². The van der Waals surface area contributed by atoms with Crippen LogP contribution < -0.4 is 15.8 Å². The maximum Gasteiger partial charge on any atom is 0.224 e. The molecule has 0 aliphatic heterocycles. The molecule has 0 spiro atoms. The number of hydrogen-bond acceptors (Lipinski definition) is 4. The lowest BCUT2D eigenvalue weighted by atomic mass is 10.0. The van der Waals surface area contributed by atoms with Gasteiger partial charge in [0.15, 0.2) is 6.61 Å². The largest absolute Gasteiger partial charge is 0.479 e. The monoisotopic (exact) mass is 275 g/mol. The molecule has 0 heterocycles. The average molecular weight is 275 g/mol. The van der Waals surface area contributed by atoms with E-state index in [9.17, 15) is 4.79 Å². The molecule has 0 fully saturated rings. The van der Waals surface area contributed by atoms with Gasteiger partial charge in [-0.15, -0.1) is 0 Å². The third kappa shape index (κ3) is 6.21. The van der Waals surface area contributed by atoms with Gasteiger partial charge in [-0.05, 0) is 49.6 Å². The fourth-order valence-corrected chi connectivity index (χ4v) is 1.78. The number of ether oxygens (including phenoxy) is 1. The molecule has 1 aromatic rings. The molecule has 5 heteroatoms. The molecule has 20 heavy (non-hydrogen) atoms. The van der Waals surface area contributed by atoms with E-state index in [1.165, 1.54) is 0 Å². The number of nitrogens with two attached hydrogens (primary N) is 1. The Morgan fingerprint density at radius 1 is 1.40 bits per heavy atom. The predicted molar refractivity (Wildman–Crippen MR) is 78.2 cm³/mol. The van der Waals surface area contributed by atoms with Gasteiger partial charge in [-0.1, -0.05) is 6.92 Å². The zero-order valence-corrected chi connectivity index (χ0v) is 11.8. The van der Waals surface area contributed by atoms with Crippen LogP contribution in [0.1, 0.15) is 26.2 Å². The number of nitrogens with one attached hydrogen (secondary N) is 1. The number of anilines is 1. The van der Waals surface area contributed by atoms with E-state index in [1.54, 1.807) is 24.3 Å². The van der Waals surface area contributed by atoms with Gasteiger partial charge in [0, 0.05) is 12.1 Å². The zero-order valence-electron chi connectivity index (χ0n) is 11.8. The van der Waals surface area contributed by atoms with Crippen LogP contribution in [0.25, 0.3) is 0 Å². The number of rotatable bonds is 8. The van der Waals surface area contributed by atoms with Crippen molar-refractivity contribution in [2.75, 3.05) is 18.5 Å². The summed E-state index contributed by atoms with van der Waals surface area (Å²) in [5, 5.41) is 11.2. The summed E-state index contributed by atoms with van der Waals surface area (Å²) >= 11 is 0. The fourth-order valence-electron chi connectivity index (χ4n) is 1.78. The first-order chi connectivity index (χ1) is 9.65. The third-order valence-corrected chi connectivity index (χ3v) is 2.97. The normalized spacial score (nSPS) is 11.4. The molecule has 0 aromatic heterocycles. The molecule has 0 saturated carbocycles. The van der Waals surface area contributed by atoms with Crippen molar-refractivity contribution in [3.63, 3.8) is 0 Å². The number of carbonyl (C=O) groups excluding carboxylic acids is 1. The van der Waals surface area contributed by atoms with E-state index < -0.39 is 0 Å². The van der Waals surface area contributed by atoms with Crippen LogP contribution in [0.5, 0.6) is 5.75 Å². The van der Waals surface area contributed by atoms with Crippen molar-refractivity contribution in [2.45, 2.75) is 26.2 Å². The van der Waals surface area contributed by atoms with E-state index in [2.05, 4.69) is 12.2 Å². The Morgan fingerprint density at radius 3 is 2.70 bits per heavy atom. The van der Waals surface area contributed by atoms with Crippen molar-refractivity contribution >= 4 is 11.6 Å². The summed E-state index contributed by atoms with van der Waals surface area (Å²) in [5.74, 6) is 1.08. The molecule has 1 amide bonds. The second kappa shape index (κ2) is 8.94. The summed E-state index contributed by atoms with van der Waals surface area (Å²) in [4.78, 5) is 11.8. The summed E-state index contributed by atoms with van der Waals surface area (Å²) in [6.45, 7) is 2.78. The van der Waals surface area contributed by atoms with Crippen molar-refractivity contribution in [2.24, 2.45) is 11.7 Å². The highest BCUT2D eigenvalue weighted by molar-refractivity contribution is 5.90. The van der Waals surface area contributed by atoms with Gasteiger partial charge < -0.3 is 15.8 Å². The highest BCUT2D eigenvalue weighted by atomic mass is 16.5. The molecule has 1 rings (SSSR count). The molecule has 0 aliphatic carbocycles. The van der Waals surface area contributed by atoms with Crippen LogP contribution in [0.3, 0.4) is 0 Å². The first-order valence-electron chi connectivity index (χ1n) is 6.75.